The summed E-state index contributed by atoms with van der Waals surface area (Å²) >= 11 is 1.82. The van der Waals surface area contributed by atoms with Gasteiger partial charge >= 0.3 is 0 Å². The zero-order valence-corrected chi connectivity index (χ0v) is 14.0. The molecule has 0 saturated heterocycles. The van der Waals surface area contributed by atoms with Gasteiger partial charge < -0.3 is 10.2 Å². The number of thiazole rings is 1. The van der Waals surface area contributed by atoms with Gasteiger partial charge in [0.05, 0.1) is 11.7 Å². The van der Waals surface area contributed by atoms with Gasteiger partial charge in [0.2, 0.25) is 0 Å². The second kappa shape index (κ2) is 5.78. The van der Waals surface area contributed by atoms with Crippen LogP contribution in [0.3, 0.4) is 0 Å². The molecule has 0 radical (unpaired) electrons. The molecule has 0 spiro atoms. The third-order valence-corrected chi connectivity index (χ3v) is 5.42. The number of nitrogens with zero attached hydrogens (tertiary/aromatic N) is 2. The maximum atomic E-state index is 4.83. The van der Waals surface area contributed by atoms with E-state index >= 15 is 0 Å². The van der Waals surface area contributed by atoms with E-state index in [1.165, 1.54) is 32.4 Å². The Balaban J connectivity index is 1.96. The molecule has 0 bridgehead atoms. The molecule has 21 heavy (non-hydrogen) atoms. The van der Waals surface area contributed by atoms with Gasteiger partial charge in [-0.3, -0.25) is 0 Å². The first kappa shape index (κ1) is 14.5. The van der Waals surface area contributed by atoms with Gasteiger partial charge in [-0.15, -0.1) is 11.3 Å². The van der Waals surface area contributed by atoms with Crippen molar-refractivity contribution < 1.29 is 0 Å². The van der Waals surface area contributed by atoms with Gasteiger partial charge in [0.1, 0.15) is 5.01 Å². The van der Waals surface area contributed by atoms with Crippen LogP contribution in [0.1, 0.15) is 39.7 Å². The first-order chi connectivity index (χ1) is 10.1. The Labute approximate surface area is 131 Å². The molecule has 0 amide bonds. The molecular weight excluding hydrogens is 278 g/mol. The third-order valence-electron chi connectivity index (χ3n) is 4.34. The minimum absolute atomic E-state index is 0.199. The second-order valence-electron chi connectivity index (χ2n) is 5.69. The maximum Gasteiger partial charge on any atom is 0.115 e. The molecule has 1 N–H and O–H groups in total. The predicted molar refractivity (Wildman–Crippen MR) is 90.5 cm³/mol. The lowest BCUT2D eigenvalue weighted by molar-refractivity contribution is 0.683. The van der Waals surface area contributed by atoms with E-state index in [0.29, 0.717) is 0 Å². The van der Waals surface area contributed by atoms with Crippen LogP contribution in [0.4, 0.5) is 5.69 Å². The molecule has 0 saturated carbocycles. The molecule has 1 unspecified atom stereocenters. The maximum absolute atomic E-state index is 4.83. The van der Waals surface area contributed by atoms with Crippen LogP contribution in [0.25, 0.3) is 0 Å². The van der Waals surface area contributed by atoms with Gasteiger partial charge in [-0.2, -0.15) is 0 Å². The summed E-state index contributed by atoms with van der Waals surface area (Å²) in [5.74, 6) is 0. The molecular formula is C17H23N3S. The van der Waals surface area contributed by atoms with Gasteiger partial charge in [-0.1, -0.05) is 19.1 Å². The van der Waals surface area contributed by atoms with Crippen LogP contribution in [0.15, 0.2) is 18.2 Å². The molecule has 3 nitrogen and oxygen atoms in total. The number of nitrogens with one attached hydrogen (secondary N) is 1. The Morgan fingerprint density at radius 1 is 1.43 bits per heavy atom. The number of hydrogen-bond donors (Lipinski definition) is 1. The monoisotopic (exact) mass is 301 g/mol. The SMILES string of the molecule is CCc1nc(C(NC)c2ccc3c(c2)CCN3C)sc1C. The summed E-state index contributed by atoms with van der Waals surface area (Å²) in [6.45, 7) is 5.47. The quantitative estimate of drug-likeness (QED) is 0.939. The van der Waals surface area contributed by atoms with Crippen LogP contribution in [0, 0.1) is 6.92 Å². The number of fused-ring (bicyclic) bond motifs is 1. The molecule has 112 valence electrons. The van der Waals surface area contributed by atoms with Gasteiger partial charge in [0, 0.05) is 24.2 Å². The highest BCUT2D eigenvalue weighted by Crippen LogP contribution is 2.33. The fraction of sp³-hybridized carbons (Fsp3) is 0.471. The molecule has 1 aliphatic rings. The lowest BCUT2D eigenvalue weighted by Gasteiger charge is -2.17. The third kappa shape index (κ3) is 2.58. The molecule has 3 rings (SSSR count). The fourth-order valence-electron chi connectivity index (χ4n) is 3.10. The number of aryl methyl sites for hydroxylation is 2. The number of likely N-dealkylation sites (N-methyl/N-ethyl adjacent to an activating group) is 1. The highest BCUT2D eigenvalue weighted by molar-refractivity contribution is 7.11. The van der Waals surface area contributed by atoms with E-state index in [1.807, 2.05) is 18.4 Å². The number of rotatable bonds is 4. The summed E-state index contributed by atoms with van der Waals surface area (Å²) in [6, 6.07) is 7.04. The van der Waals surface area contributed by atoms with Gasteiger partial charge in [0.25, 0.3) is 0 Å². The van der Waals surface area contributed by atoms with E-state index < -0.39 is 0 Å². The molecule has 0 fully saturated rings. The van der Waals surface area contributed by atoms with E-state index in [2.05, 4.69) is 49.3 Å². The average molecular weight is 301 g/mol. The Morgan fingerprint density at radius 3 is 2.90 bits per heavy atom. The average Bonchev–Trinajstić information content (AvgIpc) is 3.03. The molecule has 1 aliphatic heterocycles. The standard InChI is InChI=1S/C17H23N3S/c1-5-14-11(2)21-17(19-14)16(18-3)13-6-7-15-12(10-13)8-9-20(15)4/h6-7,10,16,18H,5,8-9H2,1-4H3. The fourth-order valence-corrected chi connectivity index (χ4v) is 4.25. The molecule has 2 aromatic rings. The smallest absolute Gasteiger partial charge is 0.115 e. The molecule has 1 atom stereocenters. The first-order valence-corrected chi connectivity index (χ1v) is 8.43. The van der Waals surface area contributed by atoms with E-state index in [1.54, 1.807) is 0 Å². The van der Waals surface area contributed by atoms with Crippen LogP contribution in [-0.4, -0.2) is 25.6 Å². The van der Waals surface area contributed by atoms with Gasteiger partial charge in [-0.25, -0.2) is 4.98 Å². The van der Waals surface area contributed by atoms with Crippen molar-refractivity contribution in [1.29, 1.82) is 0 Å². The van der Waals surface area contributed by atoms with Crippen molar-refractivity contribution in [2.45, 2.75) is 32.7 Å². The normalized spacial score (nSPS) is 15.3. The van der Waals surface area contributed by atoms with Crippen LogP contribution >= 0.6 is 11.3 Å². The highest BCUT2D eigenvalue weighted by Gasteiger charge is 2.21. The van der Waals surface area contributed by atoms with E-state index in [0.717, 1.165) is 19.4 Å². The number of benzene rings is 1. The van der Waals surface area contributed by atoms with Crippen molar-refractivity contribution in [1.82, 2.24) is 10.3 Å². The summed E-state index contributed by atoms with van der Waals surface area (Å²) < 4.78 is 0. The summed E-state index contributed by atoms with van der Waals surface area (Å²) in [4.78, 5) is 8.50. The zero-order valence-electron chi connectivity index (χ0n) is 13.2. The van der Waals surface area contributed by atoms with Crippen LogP contribution in [-0.2, 0) is 12.8 Å². The zero-order chi connectivity index (χ0) is 15.0. The number of aromatic nitrogens is 1. The van der Waals surface area contributed by atoms with Gasteiger partial charge in [0.15, 0.2) is 0 Å². The molecule has 4 heteroatoms. The van der Waals surface area contributed by atoms with Crippen molar-refractivity contribution in [2.75, 3.05) is 25.5 Å². The summed E-state index contributed by atoms with van der Waals surface area (Å²) in [6.07, 6.45) is 2.15. The highest BCUT2D eigenvalue weighted by atomic mass is 32.1. The Bertz CT molecular complexity index is 647. The minimum atomic E-state index is 0.199. The Kier molecular flexibility index (Phi) is 4.00. The number of hydrogen-bond acceptors (Lipinski definition) is 4. The van der Waals surface area contributed by atoms with Crippen molar-refractivity contribution in [3.8, 4) is 0 Å². The Morgan fingerprint density at radius 2 is 2.24 bits per heavy atom. The summed E-state index contributed by atoms with van der Waals surface area (Å²) in [5.41, 5.74) is 5.39. The van der Waals surface area contributed by atoms with Crippen molar-refractivity contribution in [3.63, 3.8) is 0 Å². The van der Waals surface area contributed by atoms with E-state index in [4.69, 9.17) is 4.98 Å². The van der Waals surface area contributed by atoms with Crippen LogP contribution in [0.2, 0.25) is 0 Å². The minimum Gasteiger partial charge on any atom is -0.374 e. The first-order valence-electron chi connectivity index (χ1n) is 7.61. The molecule has 1 aromatic heterocycles. The van der Waals surface area contributed by atoms with Crippen molar-refractivity contribution in [2.24, 2.45) is 0 Å². The molecule has 1 aromatic carbocycles. The van der Waals surface area contributed by atoms with E-state index in [9.17, 15) is 0 Å². The van der Waals surface area contributed by atoms with Gasteiger partial charge in [-0.05, 0) is 44.0 Å². The van der Waals surface area contributed by atoms with Crippen LogP contribution in [0.5, 0.6) is 0 Å². The van der Waals surface area contributed by atoms with Crippen molar-refractivity contribution in [3.05, 3.63) is 44.9 Å². The molecule has 0 aliphatic carbocycles. The van der Waals surface area contributed by atoms with E-state index in [-0.39, 0.29) is 6.04 Å². The van der Waals surface area contributed by atoms with Crippen LogP contribution < -0.4 is 10.2 Å². The predicted octanol–water partition coefficient (Wildman–Crippen LogP) is 3.32. The lowest BCUT2D eigenvalue weighted by Crippen LogP contribution is -2.18. The second-order valence-corrected chi connectivity index (χ2v) is 6.92. The Hall–Kier alpha value is -1.39. The lowest BCUT2D eigenvalue weighted by atomic mass is 10.0. The number of anilines is 1. The topological polar surface area (TPSA) is 28.2 Å². The molecule has 2 heterocycles. The largest absolute Gasteiger partial charge is 0.374 e. The van der Waals surface area contributed by atoms with Crippen molar-refractivity contribution >= 4 is 17.0 Å². The summed E-state index contributed by atoms with van der Waals surface area (Å²) in [7, 11) is 4.19. The summed E-state index contributed by atoms with van der Waals surface area (Å²) in [5, 5.41) is 4.61.